The van der Waals surface area contributed by atoms with E-state index in [2.05, 4.69) is 4.74 Å². The number of aliphatic carboxylic acids is 1. The maximum Gasteiger partial charge on any atom is 0.508 e. The fraction of sp³-hybridized carbons (Fsp3) is 0.333. The molecule has 0 saturated heterocycles. The summed E-state index contributed by atoms with van der Waals surface area (Å²) in [4.78, 5) is 21.3. The van der Waals surface area contributed by atoms with E-state index in [9.17, 15) is 9.59 Å². The molecular weight excluding hydrogens is 224 g/mol. The second kappa shape index (κ2) is 7.27. The van der Waals surface area contributed by atoms with Crippen LogP contribution in [0, 0.1) is 0 Å². The van der Waals surface area contributed by atoms with Crippen molar-refractivity contribution in [2.75, 3.05) is 6.61 Å². The fourth-order valence-corrected chi connectivity index (χ4v) is 1.14. The van der Waals surface area contributed by atoms with Crippen LogP contribution in [0.25, 0.3) is 0 Å². The summed E-state index contributed by atoms with van der Waals surface area (Å²) < 4.78 is 9.52. The molecule has 1 aromatic carbocycles. The molecule has 0 heterocycles. The Morgan fingerprint density at radius 3 is 2.47 bits per heavy atom. The van der Waals surface area contributed by atoms with Gasteiger partial charge in [-0.25, -0.2) is 4.79 Å². The fourth-order valence-electron chi connectivity index (χ4n) is 1.14. The van der Waals surface area contributed by atoms with E-state index in [0.29, 0.717) is 0 Å². The second-order valence-electron chi connectivity index (χ2n) is 3.37. The number of carbonyl (C=O) groups excluding carboxylic acids is 1. The van der Waals surface area contributed by atoms with Crippen molar-refractivity contribution in [2.24, 2.45) is 0 Å². The topological polar surface area (TPSA) is 72.8 Å². The molecule has 0 aromatic heterocycles. The molecule has 0 atom stereocenters. The van der Waals surface area contributed by atoms with Crippen LogP contribution in [0.4, 0.5) is 4.79 Å². The highest BCUT2D eigenvalue weighted by Gasteiger charge is 2.04. The molecule has 0 aliphatic heterocycles. The van der Waals surface area contributed by atoms with Gasteiger partial charge in [-0.15, -0.1) is 0 Å². The average Bonchev–Trinajstić information content (AvgIpc) is 2.33. The first-order chi connectivity index (χ1) is 8.18. The van der Waals surface area contributed by atoms with Crippen molar-refractivity contribution in [3.05, 3.63) is 35.9 Å². The van der Waals surface area contributed by atoms with Gasteiger partial charge in [-0.1, -0.05) is 30.3 Å². The van der Waals surface area contributed by atoms with E-state index in [-0.39, 0.29) is 26.1 Å². The summed E-state index contributed by atoms with van der Waals surface area (Å²) in [6.45, 7) is 0.207. The van der Waals surface area contributed by atoms with Crippen LogP contribution in [0.5, 0.6) is 0 Å². The van der Waals surface area contributed by atoms with Gasteiger partial charge in [0.25, 0.3) is 0 Å². The summed E-state index contributed by atoms with van der Waals surface area (Å²) in [7, 11) is 0. The molecule has 92 valence electrons. The van der Waals surface area contributed by atoms with Crippen molar-refractivity contribution in [1.29, 1.82) is 0 Å². The SMILES string of the molecule is O=C(O)CCCOC(=O)OCc1ccccc1. The minimum atomic E-state index is -0.911. The minimum Gasteiger partial charge on any atom is -0.481 e. The number of ether oxygens (including phenoxy) is 2. The van der Waals surface area contributed by atoms with Crippen LogP contribution in [-0.2, 0) is 20.9 Å². The molecule has 0 aliphatic carbocycles. The van der Waals surface area contributed by atoms with Gasteiger partial charge in [0.2, 0.25) is 0 Å². The molecule has 0 spiro atoms. The van der Waals surface area contributed by atoms with Crippen molar-refractivity contribution in [3.63, 3.8) is 0 Å². The number of carbonyl (C=O) groups is 2. The predicted molar refractivity (Wildman–Crippen MR) is 59.4 cm³/mol. The summed E-state index contributed by atoms with van der Waals surface area (Å²) in [6, 6.07) is 9.22. The Morgan fingerprint density at radius 1 is 1.12 bits per heavy atom. The smallest absolute Gasteiger partial charge is 0.481 e. The highest BCUT2D eigenvalue weighted by Crippen LogP contribution is 2.02. The molecule has 0 fully saturated rings. The number of hydrogen-bond donors (Lipinski definition) is 1. The van der Waals surface area contributed by atoms with Crippen LogP contribution in [0.3, 0.4) is 0 Å². The van der Waals surface area contributed by atoms with Gasteiger partial charge >= 0.3 is 12.1 Å². The molecule has 1 N–H and O–H groups in total. The Kier molecular flexibility index (Phi) is 5.57. The maximum absolute atomic E-state index is 11.1. The normalized spacial score (nSPS) is 9.65. The third kappa shape index (κ3) is 6.19. The van der Waals surface area contributed by atoms with Crippen molar-refractivity contribution < 1.29 is 24.2 Å². The number of carboxylic acid groups (broad SMARTS) is 1. The first-order valence-corrected chi connectivity index (χ1v) is 5.24. The molecule has 5 heteroatoms. The van der Waals surface area contributed by atoms with Crippen molar-refractivity contribution >= 4 is 12.1 Å². The predicted octanol–water partition coefficient (Wildman–Crippen LogP) is 2.20. The van der Waals surface area contributed by atoms with Gasteiger partial charge in [0.1, 0.15) is 6.61 Å². The lowest BCUT2D eigenvalue weighted by Gasteiger charge is -2.05. The summed E-state index contributed by atoms with van der Waals surface area (Å²) in [5.41, 5.74) is 0.870. The van der Waals surface area contributed by atoms with Crippen LogP contribution in [0.15, 0.2) is 30.3 Å². The highest BCUT2D eigenvalue weighted by atomic mass is 16.7. The Labute approximate surface area is 99.0 Å². The van der Waals surface area contributed by atoms with E-state index in [4.69, 9.17) is 9.84 Å². The van der Waals surface area contributed by atoms with Crippen LogP contribution >= 0.6 is 0 Å². The zero-order valence-electron chi connectivity index (χ0n) is 9.30. The van der Waals surface area contributed by atoms with E-state index >= 15 is 0 Å². The van der Waals surface area contributed by atoms with Crippen LogP contribution < -0.4 is 0 Å². The highest BCUT2D eigenvalue weighted by molar-refractivity contribution is 5.66. The summed E-state index contributed by atoms with van der Waals surface area (Å²) in [6.07, 6.45) is -0.513. The number of carboxylic acids is 1. The molecular formula is C12H14O5. The molecule has 17 heavy (non-hydrogen) atoms. The van der Waals surface area contributed by atoms with E-state index < -0.39 is 12.1 Å². The molecule has 0 radical (unpaired) electrons. The van der Waals surface area contributed by atoms with Crippen molar-refractivity contribution in [2.45, 2.75) is 19.4 Å². The van der Waals surface area contributed by atoms with Crippen LogP contribution in [0.1, 0.15) is 18.4 Å². The molecule has 0 saturated carbocycles. The molecule has 0 amide bonds. The maximum atomic E-state index is 11.1. The van der Waals surface area contributed by atoms with Gasteiger partial charge in [-0.2, -0.15) is 0 Å². The van der Waals surface area contributed by atoms with E-state index in [0.717, 1.165) is 5.56 Å². The zero-order valence-corrected chi connectivity index (χ0v) is 9.30. The third-order valence-corrected chi connectivity index (χ3v) is 1.95. The Morgan fingerprint density at radius 2 is 1.82 bits per heavy atom. The standard InChI is InChI=1S/C12H14O5/c13-11(14)7-4-8-16-12(15)17-9-10-5-2-1-3-6-10/h1-3,5-6H,4,7-9H2,(H,13,14). The number of rotatable bonds is 6. The monoisotopic (exact) mass is 238 g/mol. The van der Waals surface area contributed by atoms with Crippen LogP contribution in [0.2, 0.25) is 0 Å². The first-order valence-electron chi connectivity index (χ1n) is 5.24. The molecule has 0 aliphatic rings. The summed E-state index contributed by atoms with van der Waals surface area (Å²) in [5.74, 6) is -0.911. The summed E-state index contributed by atoms with van der Waals surface area (Å²) in [5, 5.41) is 8.36. The number of benzene rings is 1. The lowest BCUT2D eigenvalue weighted by molar-refractivity contribution is -0.137. The van der Waals surface area contributed by atoms with E-state index in [1.54, 1.807) is 0 Å². The molecule has 0 bridgehead atoms. The molecule has 5 nitrogen and oxygen atoms in total. The third-order valence-electron chi connectivity index (χ3n) is 1.95. The minimum absolute atomic E-state index is 0.0219. The van der Waals surface area contributed by atoms with Gasteiger partial charge in [0.15, 0.2) is 0 Å². The second-order valence-corrected chi connectivity index (χ2v) is 3.37. The van der Waals surface area contributed by atoms with E-state index in [1.807, 2.05) is 30.3 Å². The lowest BCUT2D eigenvalue weighted by atomic mass is 10.2. The molecule has 1 aromatic rings. The van der Waals surface area contributed by atoms with E-state index in [1.165, 1.54) is 0 Å². The summed E-state index contributed by atoms with van der Waals surface area (Å²) >= 11 is 0. The Bertz CT molecular complexity index is 360. The zero-order chi connectivity index (χ0) is 12.5. The molecule has 0 unspecified atom stereocenters. The first kappa shape index (κ1) is 13.0. The average molecular weight is 238 g/mol. The lowest BCUT2D eigenvalue weighted by Crippen LogP contribution is -2.09. The quantitative estimate of drug-likeness (QED) is 0.607. The molecule has 1 rings (SSSR count). The van der Waals surface area contributed by atoms with Gasteiger partial charge in [0.05, 0.1) is 6.61 Å². The van der Waals surface area contributed by atoms with Gasteiger partial charge in [-0.05, 0) is 12.0 Å². The Hall–Kier alpha value is -2.04. The number of hydrogen-bond acceptors (Lipinski definition) is 4. The van der Waals surface area contributed by atoms with Crippen LogP contribution in [-0.4, -0.2) is 23.8 Å². The van der Waals surface area contributed by atoms with Gasteiger partial charge < -0.3 is 14.6 Å². The van der Waals surface area contributed by atoms with Crippen molar-refractivity contribution in [1.82, 2.24) is 0 Å². The largest absolute Gasteiger partial charge is 0.508 e. The van der Waals surface area contributed by atoms with Gasteiger partial charge in [-0.3, -0.25) is 4.79 Å². The Balaban J connectivity index is 2.11. The van der Waals surface area contributed by atoms with Gasteiger partial charge in [0, 0.05) is 6.42 Å². The van der Waals surface area contributed by atoms with Crippen molar-refractivity contribution in [3.8, 4) is 0 Å².